The van der Waals surface area contributed by atoms with E-state index in [-0.39, 0.29) is 17.2 Å². The Kier molecular flexibility index (Phi) is 4.95. The van der Waals surface area contributed by atoms with E-state index < -0.39 is 10.8 Å². The van der Waals surface area contributed by atoms with Crippen LogP contribution in [0.25, 0.3) is 33.9 Å². The highest BCUT2D eigenvalue weighted by atomic mass is 16.6. The molecule has 0 unspecified atom stereocenters. The number of aryl methyl sites for hydroxylation is 1. The topological polar surface area (TPSA) is 111 Å². The van der Waals surface area contributed by atoms with Gasteiger partial charge in [-0.2, -0.15) is 0 Å². The predicted octanol–water partition coefficient (Wildman–Crippen LogP) is 6.22. The molecule has 0 saturated carbocycles. The summed E-state index contributed by atoms with van der Waals surface area (Å²) in [5.41, 5.74) is 4.13. The van der Waals surface area contributed by atoms with Crippen molar-refractivity contribution in [3.8, 4) is 22.8 Å². The van der Waals surface area contributed by atoms with Gasteiger partial charge in [-0.1, -0.05) is 18.2 Å². The lowest BCUT2D eigenvalue weighted by molar-refractivity contribution is -0.384. The number of nitro groups is 1. The Morgan fingerprint density at radius 2 is 1.76 bits per heavy atom. The van der Waals surface area contributed by atoms with Crippen molar-refractivity contribution >= 4 is 28.4 Å². The highest BCUT2D eigenvalue weighted by Crippen LogP contribution is 2.31. The zero-order valence-electron chi connectivity index (χ0n) is 17.4. The number of nitrogens with one attached hydrogen (secondary N) is 1. The maximum Gasteiger partial charge on any atom is 0.291 e. The average Bonchev–Trinajstić information content (AvgIpc) is 3.47. The van der Waals surface area contributed by atoms with E-state index in [4.69, 9.17) is 8.83 Å². The summed E-state index contributed by atoms with van der Waals surface area (Å²) < 4.78 is 11.4. The second kappa shape index (κ2) is 8.08. The van der Waals surface area contributed by atoms with Crippen LogP contribution in [0.3, 0.4) is 0 Å². The molecule has 5 aromatic rings. The molecule has 0 bridgehead atoms. The number of benzene rings is 3. The lowest BCUT2D eigenvalue weighted by Crippen LogP contribution is -2.10. The standard InChI is InChI=1S/C25H17N3O5/c1-15-6-11-19-23(14-15)33-25(27-19)16-7-9-17(10-8-16)26-24(29)22-13-12-21(32-22)18-4-2-3-5-20(18)28(30)31/h2-14H,1H3,(H,26,29). The van der Waals surface area contributed by atoms with Crippen molar-refractivity contribution in [1.29, 1.82) is 0 Å². The first-order valence-electron chi connectivity index (χ1n) is 10.1. The molecule has 0 atom stereocenters. The number of fused-ring (bicyclic) bond motifs is 1. The fraction of sp³-hybridized carbons (Fsp3) is 0.0400. The van der Waals surface area contributed by atoms with Crippen LogP contribution in [0.1, 0.15) is 16.1 Å². The molecule has 1 N–H and O–H groups in total. The number of oxazole rings is 1. The van der Waals surface area contributed by atoms with Crippen molar-refractivity contribution in [2.45, 2.75) is 6.92 Å². The fourth-order valence-electron chi connectivity index (χ4n) is 3.49. The summed E-state index contributed by atoms with van der Waals surface area (Å²) in [5.74, 6) is 0.314. The number of nitrogens with zero attached hydrogens (tertiary/aromatic N) is 2. The van der Waals surface area contributed by atoms with Gasteiger partial charge in [0, 0.05) is 17.3 Å². The van der Waals surface area contributed by atoms with Gasteiger partial charge in [-0.05, 0) is 67.1 Å². The Morgan fingerprint density at radius 3 is 2.55 bits per heavy atom. The molecule has 33 heavy (non-hydrogen) atoms. The maximum absolute atomic E-state index is 12.6. The number of para-hydroxylation sites is 1. The molecule has 0 radical (unpaired) electrons. The maximum atomic E-state index is 12.6. The van der Waals surface area contributed by atoms with Crippen LogP contribution in [0, 0.1) is 17.0 Å². The molecule has 0 saturated heterocycles. The number of amides is 1. The molecule has 162 valence electrons. The average molecular weight is 439 g/mol. The number of aromatic nitrogens is 1. The van der Waals surface area contributed by atoms with Crippen LogP contribution in [-0.4, -0.2) is 15.8 Å². The fourth-order valence-corrected chi connectivity index (χ4v) is 3.49. The molecule has 0 aliphatic rings. The van der Waals surface area contributed by atoms with Crippen LogP contribution in [0.4, 0.5) is 11.4 Å². The van der Waals surface area contributed by atoms with Crippen LogP contribution in [0.15, 0.2) is 87.7 Å². The van der Waals surface area contributed by atoms with Gasteiger partial charge in [-0.25, -0.2) is 4.98 Å². The summed E-state index contributed by atoms with van der Waals surface area (Å²) in [6, 6.07) is 22.1. The number of carbonyl (C=O) groups is 1. The molecule has 2 heterocycles. The van der Waals surface area contributed by atoms with Crippen molar-refractivity contribution < 1.29 is 18.6 Å². The van der Waals surface area contributed by atoms with Crippen LogP contribution < -0.4 is 5.32 Å². The molecule has 0 spiro atoms. The summed E-state index contributed by atoms with van der Waals surface area (Å²) in [4.78, 5) is 27.9. The normalized spacial score (nSPS) is 10.9. The van der Waals surface area contributed by atoms with Gasteiger partial charge in [0.15, 0.2) is 11.3 Å². The smallest absolute Gasteiger partial charge is 0.291 e. The molecule has 8 nitrogen and oxygen atoms in total. The molecule has 1 amide bonds. The second-order valence-electron chi connectivity index (χ2n) is 7.46. The zero-order valence-corrected chi connectivity index (χ0v) is 17.4. The molecular weight excluding hydrogens is 422 g/mol. The highest BCUT2D eigenvalue weighted by Gasteiger charge is 2.19. The molecule has 0 fully saturated rings. The minimum atomic E-state index is -0.489. The van der Waals surface area contributed by atoms with E-state index in [1.165, 1.54) is 18.2 Å². The molecule has 3 aromatic carbocycles. The van der Waals surface area contributed by atoms with Crippen molar-refractivity contribution in [2.24, 2.45) is 0 Å². The Hall–Kier alpha value is -4.72. The number of nitro benzene ring substituents is 1. The van der Waals surface area contributed by atoms with Gasteiger partial charge in [-0.15, -0.1) is 0 Å². The minimum Gasteiger partial charge on any atom is -0.451 e. The van der Waals surface area contributed by atoms with Gasteiger partial charge < -0.3 is 14.2 Å². The quantitative estimate of drug-likeness (QED) is 0.257. The number of rotatable bonds is 5. The third kappa shape index (κ3) is 3.97. The lowest BCUT2D eigenvalue weighted by Gasteiger charge is -2.04. The van der Waals surface area contributed by atoms with Crippen molar-refractivity contribution in [3.63, 3.8) is 0 Å². The van der Waals surface area contributed by atoms with Gasteiger partial charge in [0.1, 0.15) is 11.3 Å². The summed E-state index contributed by atoms with van der Waals surface area (Å²) in [7, 11) is 0. The Balaban J connectivity index is 1.33. The van der Waals surface area contributed by atoms with E-state index in [1.807, 2.05) is 25.1 Å². The van der Waals surface area contributed by atoms with E-state index in [0.717, 1.165) is 22.2 Å². The number of carbonyl (C=O) groups excluding carboxylic acids is 1. The molecule has 2 aromatic heterocycles. The minimum absolute atomic E-state index is 0.0431. The number of hydrogen-bond acceptors (Lipinski definition) is 6. The Labute approximate surface area is 187 Å². The van der Waals surface area contributed by atoms with Crippen molar-refractivity contribution in [1.82, 2.24) is 4.98 Å². The first kappa shape index (κ1) is 20.2. The Bertz CT molecular complexity index is 1500. The number of furan rings is 1. The van der Waals surface area contributed by atoms with Crippen LogP contribution >= 0.6 is 0 Å². The Morgan fingerprint density at radius 1 is 0.970 bits per heavy atom. The predicted molar refractivity (Wildman–Crippen MR) is 123 cm³/mol. The number of hydrogen-bond donors (Lipinski definition) is 1. The van der Waals surface area contributed by atoms with Gasteiger partial charge in [0.25, 0.3) is 11.6 Å². The SMILES string of the molecule is Cc1ccc2nc(-c3ccc(NC(=O)c4ccc(-c5ccccc5[N+](=O)[O-])o4)cc3)oc2c1. The van der Waals surface area contributed by atoms with E-state index in [2.05, 4.69) is 10.3 Å². The van der Waals surface area contributed by atoms with E-state index in [0.29, 0.717) is 17.1 Å². The van der Waals surface area contributed by atoms with Gasteiger partial charge >= 0.3 is 0 Å². The summed E-state index contributed by atoms with van der Waals surface area (Å²) in [5, 5.41) is 14.0. The van der Waals surface area contributed by atoms with E-state index in [9.17, 15) is 14.9 Å². The highest BCUT2D eigenvalue weighted by molar-refractivity contribution is 6.02. The van der Waals surface area contributed by atoms with Gasteiger partial charge in [-0.3, -0.25) is 14.9 Å². The molecule has 0 aliphatic carbocycles. The summed E-state index contributed by atoms with van der Waals surface area (Å²) in [6.07, 6.45) is 0. The second-order valence-corrected chi connectivity index (χ2v) is 7.46. The molecule has 0 aliphatic heterocycles. The molecular formula is C25H17N3O5. The summed E-state index contributed by atoms with van der Waals surface area (Å²) in [6.45, 7) is 1.99. The first-order valence-corrected chi connectivity index (χ1v) is 10.1. The van der Waals surface area contributed by atoms with Gasteiger partial charge in [0.05, 0.1) is 10.5 Å². The largest absolute Gasteiger partial charge is 0.451 e. The lowest BCUT2D eigenvalue weighted by atomic mass is 10.1. The van der Waals surface area contributed by atoms with E-state index >= 15 is 0 Å². The number of anilines is 1. The third-order valence-corrected chi connectivity index (χ3v) is 5.13. The molecule has 5 rings (SSSR count). The monoisotopic (exact) mass is 439 g/mol. The van der Waals surface area contributed by atoms with Crippen molar-refractivity contribution in [2.75, 3.05) is 5.32 Å². The molecule has 8 heteroatoms. The van der Waals surface area contributed by atoms with Crippen LogP contribution in [0.2, 0.25) is 0 Å². The van der Waals surface area contributed by atoms with E-state index in [1.54, 1.807) is 42.5 Å². The van der Waals surface area contributed by atoms with Crippen molar-refractivity contribution in [3.05, 3.63) is 100 Å². The van der Waals surface area contributed by atoms with Crippen LogP contribution in [0.5, 0.6) is 0 Å². The summed E-state index contributed by atoms with van der Waals surface area (Å²) >= 11 is 0. The van der Waals surface area contributed by atoms with Crippen LogP contribution in [-0.2, 0) is 0 Å². The zero-order chi connectivity index (χ0) is 22.9. The first-order chi connectivity index (χ1) is 16.0. The third-order valence-electron chi connectivity index (χ3n) is 5.13. The van der Waals surface area contributed by atoms with Gasteiger partial charge in [0.2, 0.25) is 5.89 Å².